The average Bonchev–Trinajstić information content (AvgIpc) is 3.10. The van der Waals surface area contributed by atoms with Crippen molar-refractivity contribution < 1.29 is 8.78 Å². The second-order valence-corrected chi connectivity index (χ2v) is 6.12. The van der Waals surface area contributed by atoms with Gasteiger partial charge in [0, 0.05) is 24.8 Å². The van der Waals surface area contributed by atoms with Crippen LogP contribution in [0.3, 0.4) is 0 Å². The number of benzene rings is 1. The molecule has 0 unspecified atom stereocenters. The van der Waals surface area contributed by atoms with E-state index >= 15 is 0 Å². The minimum absolute atomic E-state index is 0. The minimum atomic E-state index is -0.587. The molecule has 8 heteroatoms. The number of hydrogen-bond acceptors (Lipinski definition) is 3. The van der Waals surface area contributed by atoms with Crippen molar-refractivity contribution in [1.29, 1.82) is 0 Å². The van der Waals surface area contributed by atoms with E-state index in [1.54, 1.807) is 0 Å². The topological polar surface area (TPSA) is 66.5 Å². The summed E-state index contributed by atoms with van der Waals surface area (Å²) in [7, 11) is 0. The van der Waals surface area contributed by atoms with Gasteiger partial charge in [-0.15, -0.1) is 24.0 Å². The number of anilines is 2. The number of pyridine rings is 1. The van der Waals surface area contributed by atoms with E-state index in [-0.39, 0.29) is 35.6 Å². The van der Waals surface area contributed by atoms with E-state index in [0.29, 0.717) is 6.54 Å². The van der Waals surface area contributed by atoms with Gasteiger partial charge in [-0.3, -0.25) is 0 Å². The fourth-order valence-corrected chi connectivity index (χ4v) is 2.87. The van der Waals surface area contributed by atoms with Crippen LogP contribution >= 0.6 is 24.0 Å². The van der Waals surface area contributed by atoms with E-state index in [9.17, 15) is 8.78 Å². The molecule has 3 rings (SSSR count). The normalized spacial score (nSPS) is 14.3. The maximum Gasteiger partial charge on any atom is 0.193 e. The Labute approximate surface area is 168 Å². The number of aryl methyl sites for hydroxylation is 1. The molecule has 1 saturated heterocycles. The van der Waals surface area contributed by atoms with Crippen LogP contribution in [0.15, 0.2) is 35.3 Å². The van der Waals surface area contributed by atoms with Gasteiger partial charge in [-0.2, -0.15) is 0 Å². The number of guanidine groups is 1. The molecule has 0 saturated carbocycles. The fraction of sp³-hybridized carbons (Fsp3) is 0.333. The Hall–Kier alpha value is -1.97. The molecule has 0 radical (unpaired) electrons. The fourth-order valence-electron chi connectivity index (χ4n) is 2.87. The summed E-state index contributed by atoms with van der Waals surface area (Å²) in [6, 6.07) is 7.07. The Morgan fingerprint density at radius 1 is 1.23 bits per heavy atom. The molecule has 0 spiro atoms. The molecule has 2 heterocycles. The van der Waals surface area contributed by atoms with Crippen LogP contribution in [0.2, 0.25) is 0 Å². The van der Waals surface area contributed by atoms with Crippen molar-refractivity contribution in [1.82, 2.24) is 4.98 Å². The molecule has 0 atom stereocenters. The van der Waals surface area contributed by atoms with Gasteiger partial charge in [-0.05, 0) is 49.6 Å². The molecule has 26 heavy (non-hydrogen) atoms. The number of nitrogens with zero attached hydrogens (tertiary/aromatic N) is 3. The summed E-state index contributed by atoms with van der Waals surface area (Å²) in [6.45, 7) is 4.31. The second-order valence-electron chi connectivity index (χ2n) is 6.12. The SMILES string of the molecule is Cc1cc(CN=C(N)Nc2cc(F)ccc2F)cc(N2CCCC2)n1.I. The van der Waals surface area contributed by atoms with E-state index in [1.807, 2.05) is 19.1 Å². The number of hydrogen-bond donors (Lipinski definition) is 2. The lowest BCUT2D eigenvalue weighted by atomic mass is 10.2. The highest BCUT2D eigenvalue weighted by atomic mass is 127. The van der Waals surface area contributed by atoms with Crippen molar-refractivity contribution in [3.8, 4) is 0 Å². The Morgan fingerprint density at radius 3 is 2.69 bits per heavy atom. The predicted octanol–water partition coefficient (Wildman–Crippen LogP) is 3.81. The van der Waals surface area contributed by atoms with Gasteiger partial charge in [-0.25, -0.2) is 18.8 Å². The summed E-state index contributed by atoms with van der Waals surface area (Å²) < 4.78 is 26.8. The lowest BCUT2D eigenvalue weighted by Crippen LogP contribution is -2.23. The van der Waals surface area contributed by atoms with Gasteiger partial charge in [0.1, 0.15) is 17.5 Å². The monoisotopic (exact) mass is 473 g/mol. The van der Waals surface area contributed by atoms with Crippen molar-refractivity contribution >= 4 is 41.4 Å². The highest BCUT2D eigenvalue weighted by molar-refractivity contribution is 14.0. The number of aliphatic imine (C=N–C) groups is 1. The average molecular weight is 473 g/mol. The summed E-state index contributed by atoms with van der Waals surface area (Å²) in [5.74, 6) is -0.153. The third-order valence-electron chi connectivity index (χ3n) is 4.05. The van der Waals surface area contributed by atoms with Gasteiger partial charge in [0.05, 0.1) is 12.2 Å². The lowest BCUT2D eigenvalue weighted by Gasteiger charge is -2.17. The highest BCUT2D eigenvalue weighted by Crippen LogP contribution is 2.20. The quantitative estimate of drug-likeness (QED) is 0.403. The lowest BCUT2D eigenvalue weighted by molar-refractivity contribution is 0.604. The zero-order chi connectivity index (χ0) is 17.8. The van der Waals surface area contributed by atoms with Crippen LogP contribution in [0.25, 0.3) is 0 Å². The van der Waals surface area contributed by atoms with Gasteiger partial charge >= 0.3 is 0 Å². The Kier molecular flexibility index (Phi) is 7.13. The molecule has 1 aliphatic heterocycles. The van der Waals surface area contributed by atoms with E-state index in [0.717, 1.165) is 48.4 Å². The minimum Gasteiger partial charge on any atom is -0.370 e. The molecule has 1 aromatic heterocycles. The van der Waals surface area contributed by atoms with Crippen molar-refractivity contribution in [2.45, 2.75) is 26.3 Å². The molecule has 1 fully saturated rings. The van der Waals surface area contributed by atoms with Gasteiger partial charge < -0.3 is 16.0 Å². The van der Waals surface area contributed by atoms with Gasteiger partial charge in [0.25, 0.3) is 0 Å². The van der Waals surface area contributed by atoms with Crippen LogP contribution in [-0.2, 0) is 6.54 Å². The molecule has 3 N–H and O–H groups in total. The van der Waals surface area contributed by atoms with Crippen LogP contribution in [0.4, 0.5) is 20.3 Å². The summed E-state index contributed by atoms with van der Waals surface area (Å²) in [5, 5.41) is 2.59. The molecular formula is C18H22F2IN5. The Bertz CT molecular complexity index is 791. The molecule has 0 amide bonds. The van der Waals surface area contributed by atoms with Crippen LogP contribution in [-0.4, -0.2) is 24.0 Å². The summed E-state index contributed by atoms with van der Waals surface area (Å²) >= 11 is 0. The first-order chi connectivity index (χ1) is 12.0. The maximum absolute atomic E-state index is 13.6. The largest absolute Gasteiger partial charge is 0.370 e. The van der Waals surface area contributed by atoms with E-state index in [1.165, 1.54) is 12.8 Å². The first kappa shape index (κ1) is 20.3. The van der Waals surface area contributed by atoms with E-state index in [4.69, 9.17) is 5.73 Å². The van der Waals surface area contributed by atoms with Gasteiger partial charge in [0.15, 0.2) is 5.96 Å². The third-order valence-corrected chi connectivity index (χ3v) is 4.05. The molecule has 0 aliphatic carbocycles. The number of aromatic nitrogens is 1. The molecule has 1 aliphatic rings. The molecule has 1 aromatic carbocycles. The Morgan fingerprint density at radius 2 is 1.96 bits per heavy atom. The van der Waals surface area contributed by atoms with Gasteiger partial charge in [0.2, 0.25) is 0 Å². The van der Waals surface area contributed by atoms with E-state index in [2.05, 4.69) is 20.2 Å². The summed E-state index contributed by atoms with van der Waals surface area (Å²) in [4.78, 5) is 11.0. The molecule has 140 valence electrons. The predicted molar refractivity (Wildman–Crippen MR) is 111 cm³/mol. The number of rotatable bonds is 4. The second kappa shape index (κ2) is 9.11. The first-order valence-corrected chi connectivity index (χ1v) is 8.26. The smallest absolute Gasteiger partial charge is 0.193 e. The number of nitrogens with two attached hydrogens (primary N) is 1. The zero-order valence-corrected chi connectivity index (χ0v) is 16.8. The molecular weight excluding hydrogens is 451 g/mol. The van der Waals surface area contributed by atoms with Crippen molar-refractivity contribution in [3.05, 3.63) is 53.2 Å². The summed E-state index contributed by atoms with van der Waals surface area (Å²) in [6.07, 6.45) is 2.36. The maximum atomic E-state index is 13.6. The first-order valence-electron chi connectivity index (χ1n) is 8.26. The molecule has 2 aromatic rings. The van der Waals surface area contributed by atoms with Crippen LogP contribution in [0.5, 0.6) is 0 Å². The Balaban J connectivity index is 0.00000243. The standard InChI is InChI=1S/C18H21F2N5.HI/c1-12-8-13(9-17(23-12)25-6-2-3-7-25)11-22-18(21)24-16-10-14(19)4-5-15(16)20;/h4-5,8-10H,2-3,6-7,11H2,1H3,(H3,21,22,24);1H. The van der Waals surface area contributed by atoms with Crippen molar-refractivity contribution in [2.24, 2.45) is 10.7 Å². The third kappa shape index (κ3) is 5.26. The van der Waals surface area contributed by atoms with Crippen LogP contribution in [0, 0.1) is 18.6 Å². The molecule has 0 bridgehead atoms. The van der Waals surface area contributed by atoms with E-state index < -0.39 is 11.6 Å². The highest BCUT2D eigenvalue weighted by Gasteiger charge is 2.14. The van der Waals surface area contributed by atoms with Crippen molar-refractivity contribution in [3.63, 3.8) is 0 Å². The summed E-state index contributed by atoms with van der Waals surface area (Å²) in [5.41, 5.74) is 7.64. The zero-order valence-electron chi connectivity index (χ0n) is 14.5. The number of nitrogens with one attached hydrogen (secondary N) is 1. The molecule has 5 nitrogen and oxygen atoms in total. The van der Waals surface area contributed by atoms with Crippen molar-refractivity contribution in [2.75, 3.05) is 23.3 Å². The van der Waals surface area contributed by atoms with Crippen LogP contribution < -0.4 is 16.0 Å². The van der Waals surface area contributed by atoms with Gasteiger partial charge in [-0.1, -0.05) is 0 Å². The van der Waals surface area contributed by atoms with Crippen LogP contribution in [0.1, 0.15) is 24.1 Å². The number of halogens is 3.